The number of hydrazine groups is 1. The van der Waals surface area contributed by atoms with Gasteiger partial charge >= 0.3 is 0 Å². The highest BCUT2D eigenvalue weighted by Gasteiger charge is 2.30. The number of pyridine rings is 1. The number of aromatic nitrogens is 1. The van der Waals surface area contributed by atoms with Gasteiger partial charge in [-0.2, -0.15) is 0 Å². The average Bonchev–Trinajstić information content (AvgIpc) is 3.07. The van der Waals surface area contributed by atoms with Crippen LogP contribution in [-0.2, 0) is 0 Å². The van der Waals surface area contributed by atoms with E-state index in [4.69, 9.17) is 17.4 Å². The minimum Gasteiger partial charge on any atom is -0.339 e. The number of halogens is 1. The number of likely N-dealkylation sites (tertiary alicyclic amines) is 1. The van der Waals surface area contributed by atoms with E-state index in [9.17, 15) is 9.59 Å². The van der Waals surface area contributed by atoms with Gasteiger partial charge in [0.2, 0.25) is 0 Å². The minimum absolute atomic E-state index is 0.134. The Morgan fingerprint density at radius 2 is 1.73 bits per heavy atom. The first-order valence-electron chi connectivity index (χ1n) is 11.5. The Labute approximate surface area is 199 Å². The number of benzene rings is 1. The van der Waals surface area contributed by atoms with E-state index in [1.165, 1.54) is 12.6 Å². The van der Waals surface area contributed by atoms with Crippen molar-refractivity contribution in [2.45, 2.75) is 25.3 Å². The summed E-state index contributed by atoms with van der Waals surface area (Å²) >= 11 is 5.88. The molecule has 0 radical (unpaired) electrons. The summed E-state index contributed by atoms with van der Waals surface area (Å²) in [6.45, 7) is 5.80. The van der Waals surface area contributed by atoms with Gasteiger partial charge in [0.1, 0.15) is 5.82 Å². The first-order valence-corrected chi connectivity index (χ1v) is 11.8. The first-order chi connectivity index (χ1) is 15.9. The topological polar surface area (TPSA) is 86.0 Å². The molecule has 1 aromatic carbocycles. The number of carbonyl (C=O) groups is 2. The van der Waals surface area contributed by atoms with E-state index in [2.05, 4.69) is 21.8 Å². The summed E-state index contributed by atoms with van der Waals surface area (Å²) in [5, 5.41) is 1.40. The molecule has 2 aromatic rings. The Balaban J connectivity index is 1.43. The third kappa shape index (κ3) is 5.52. The Morgan fingerprint density at radius 3 is 2.42 bits per heavy atom. The van der Waals surface area contributed by atoms with Crippen molar-refractivity contribution in [2.24, 2.45) is 5.84 Å². The Bertz CT molecular complexity index is 977. The highest BCUT2D eigenvalue weighted by atomic mass is 35.5. The molecule has 2 amide bonds. The predicted octanol–water partition coefficient (Wildman–Crippen LogP) is 2.50. The zero-order valence-corrected chi connectivity index (χ0v) is 19.7. The van der Waals surface area contributed by atoms with Crippen molar-refractivity contribution < 1.29 is 9.59 Å². The van der Waals surface area contributed by atoms with Crippen LogP contribution in [0, 0.1) is 0 Å². The van der Waals surface area contributed by atoms with Gasteiger partial charge in [-0.25, -0.2) is 15.8 Å². The predicted molar refractivity (Wildman–Crippen MR) is 129 cm³/mol. The molecule has 0 aliphatic carbocycles. The first kappa shape index (κ1) is 23.6. The summed E-state index contributed by atoms with van der Waals surface area (Å²) in [6.07, 6.45) is 4.50. The number of rotatable bonds is 4. The molecule has 2 aliphatic heterocycles. The highest BCUT2D eigenvalue weighted by Crippen LogP contribution is 2.22. The van der Waals surface area contributed by atoms with Gasteiger partial charge in [-0.15, -0.1) is 0 Å². The van der Waals surface area contributed by atoms with Crippen LogP contribution in [0.5, 0.6) is 0 Å². The van der Waals surface area contributed by atoms with E-state index in [1.54, 1.807) is 36.4 Å². The van der Waals surface area contributed by atoms with Gasteiger partial charge in [0.05, 0.1) is 16.1 Å². The second-order valence-corrected chi connectivity index (χ2v) is 9.21. The standard InChI is InChI=1S/C24H31ClN6O2/c1-28-11-4-12-29(16-15-28)19-9-13-30(14-10-19)23(32)20-5-2-3-6-21(20)24(33)31(26)22-8-7-18(25)17-27-22/h2-3,5-8,17,19H,4,9-16,26H2,1H3. The number of carbonyl (C=O) groups excluding carboxylic acids is 2. The SMILES string of the molecule is CN1CCCN(C2CCN(C(=O)c3ccccc3C(=O)N(N)c3ccc(Cl)cn3)CC2)CC1. The molecule has 1 aromatic heterocycles. The fourth-order valence-corrected chi connectivity index (χ4v) is 4.75. The molecule has 0 bridgehead atoms. The lowest BCUT2D eigenvalue weighted by molar-refractivity contribution is 0.0620. The maximum Gasteiger partial charge on any atom is 0.274 e. The lowest BCUT2D eigenvalue weighted by atomic mass is 10.00. The van der Waals surface area contributed by atoms with Crippen molar-refractivity contribution in [1.29, 1.82) is 0 Å². The lowest BCUT2D eigenvalue weighted by Crippen LogP contribution is -2.48. The van der Waals surface area contributed by atoms with Gasteiger partial charge in [0.15, 0.2) is 0 Å². The molecule has 9 heteroatoms. The minimum atomic E-state index is -0.489. The molecule has 33 heavy (non-hydrogen) atoms. The maximum absolute atomic E-state index is 13.4. The van der Waals surface area contributed by atoms with Crippen LogP contribution < -0.4 is 10.9 Å². The van der Waals surface area contributed by atoms with Crippen LogP contribution in [0.2, 0.25) is 5.02 Å². The van der Waals surface area contributed by atoms with Gasteiger partial charge in [0, 0.05) is 38.4 Å². The van der Waals surface area contributed by atoms with Crippen LogP contribution in [0.25, 0.3) is 0 Å². The summed E-state index contributed by atoms with van der Waals surface area (Å²) in [5.41, 5.74) is 0.626. The quantitative estimate of drug-likeness (QED) is 0.420. The molecule has 2 fully saturated rings. The molecular formula is C24H31ClN6O2. The van der Waals surface area contributed by atoms with Crippen LogP contribution in [-0.4, -0.2) is 83.9 Å². The number of hydrogen-bond acceptors (Lipinski definition) is 6. The fourth-order valence-electron chi connectivity index (χ4n) is 4.64. The third-order valence-electron chi connectivity index (χ3n) is 6.59. The van der Waals surface area contributed by atoms with Crippen molar-refractivity contribution in [2.75, 3.05) is 51.3 Å². The third-order valence-corrected chi connectivity index (χ3v) is 6.81. The van der Waals surface area contributed by atoms with Crippen molar-refractivity contribution in [3.63, 3.8) is 0 Å². The summed E-state index contributed by atoms with van der Waals surface area (Å²) < 4.78 is 0. The average molecular weight is 471 g/mol. The van der Waals surface area contributed by atoms with Crippen molar-refractivity contribution in [3.05, 3.63) is 58.7 Å². The smallest absolute Gasteiger partial charge is 0.274 e. The van der Waals surface area contributed by atoms with E-state index in [0.717, 1.165) is 44.0 Å². The molecule has 0 saturated carbocycles. The molecule has 0 atom stereocenters. The van der Waals surface area contributed by atoms with E-state index >= 15 is 0 Å². The van der Waals surface area contributed by atoms with Crippen LogP contribution in [0.4, 0.5) is 5.82 Å². The molecule has 2 aliphatic rings. The molecule has 2 saturated heterocycles. The van der Waals surface area contributed by atoms with Gasteiger partial charge < -0.3 is 9.80 Å². The summed E-state index contributed by atoms with van der Waals surface area (Å²) in [7, 11) is 2.18. The van der Waals surface area contributed by atoms with Crippen LogP contribution in [0.1, 0.15) is 40.0 Å². The van der Waals surface area contributed by atoms with Gasteiger partial charge in [0.25, 0.3) is 11.8 Å². The second-order valence-electron chi connectivity index (χ2n) is 8.77. The molecular weight excluding hydrogens is 440 g/mol. The molecule has 3 heterocycles. The molecule has 176 valence electrons. The maximum atomic E-state index is 13.4. The van der Waals surface area contributed by atoms with E-state index in [0.29, 0.717) is 29.7 Å². The molecule has 8 nitrogen and oxygen atoms in total. The summed E-state index contributed by atoms with van der Waals surface area (Å²) in [6, 6.07) is 10.5. The highest BCUT2D eigenvalue weighted by molar-refractivity contribution is 6.30. The Hall–Kier alpha value is -2.52. The normalized spacial score (nSPS) is 18.7. The Kier molecular flexibility index (Phi) is 7.60. The Morgan fingerprint density at radius 1 is 1.00 bits per heavy atom. The van der Waals surface area contributed by atoms with E-state index in [1.807, 2.05) is 4.90 Å². The number of nitrogens with zero attached hydrogens (tertiary/aromatic N) is 5. The lowest BCUT2D eigenvalue weighted by Gasteiger charge is -2.38. The van der Waals surface area contributed by atoms with Gasteiger partial charge in [-0.3, -0.25) is 14.5 Å². The molecule has 0 spiro atoms. The van der Waals surface area contributed by atoms with Crippen LogP contribution in [0.3, 0.4) is 0 Å². The molecule has 4 rings (SSSR count). The van der Waals surface area contributed by atoms with Crippen molar-refractivity contribution >= 4 is 29.2 Å². The summed E-state index contributed by atoms with van der Waals surface area (Å²) in [5.74, 6) is 5.67. The largest absolute Gasteiger partial charge is 0.339 e. The van der Waals surface area contributed by atoms with Crippen molar-refractivity contribution in [3.8, 4) is 0 Å². The number of amides is 2. The fraction of sp³-hybridized carbons (Fsp3) is 0.458. The number of nitrogens with two attached hydrogens (primary N) is 1. The monoisotopic (exact) mass is 470 g/mol. The number of piperidine rings is 1. The number of anilines is 1. The van der Waals surface area contributed by atoms with Gasteiger partial charge in [-0.05, 0) is 63.7 Å². The number of likely N-dealkylation sites (N-methyl/N-ethyl adjacent to an activating group) is 1. The zero-order chi connectivity index (χ0) is 23.4. The van der Waals surface area contributed by atoms with Gasteiger partial charge in [-0.1, -0.05) is 23.7 Å². The zero-order valence-electron chi connectivity index (χ0n) is 19.0. The number of hydrogen-bond donors (Lipinski definition) is 1. The second kappa shape index (κ2) is 10.6. The van der Waals surface area contributed by atoms with Crippen LogP contribution >= 0.6 is 11.6 Å². The van der Waals surface area contributed by atoms with E-state index < -0.39 is 5.91 Å². The van der Waals surface area contributed by atoms with Crippen LogP contribution in [0.15, 0.2) is 42.6 Å². The van der Waals surface area contributed by atoms with E-state index in [-0.39, 0.29) is 17.3 Å². The van der Waals surface area contributed by atoms with Crippen molar-refractivity contribution in [1.82, 2.24) is 19.7 Å². The molecule has 2 N–H and O–H groups in total. The summed E-state index contributed by atoms with van der Waals surface area (Å²) in [4.78, 5) is 37.4. The molecule has 0 unspecified atom stereocenters.